The van der Waals surface area contributed by atoms with Crippen LogP contribution in [0.4, 0.5) is 0 Å². The molecule has 0 saturated carbocycles. The Kier molecular flexibility index (Phi) is 3.79. The lowest BCUT2D eigenvalue weighted by Crippen LogP contribution is -2.09. The highest BCUT2D eigenvalue weighted by Gasteiger charge is 2.20. The third kappa shape index (κ3) is 3.08. The molecule has 0 bridgehead atoms. The van der Waals surface area contributed by atoms with Gasteiger partial charge in [-0.05, 0) is 32.1 Å². The number of nitrogens with zero attached hydrogens (tertiary/aromatic N) is 2. The molecular weight excluding hydrogens is 200 g/mol. The lowest BCUT2D eigenvalue weighted by atomic mass is 9.88. The van der Waals surface area contributed by atoms with E-state index in [4.69, 9.17) is 0 Å². The molecule has 3 nitrogen and oxygen atoms in total. The van der Waals surface area contributed by atoms with Crippen molar-refractivity contribution in [1.82, 2.24) is 9.78 Å². The van der Waals surface area contributed by atoms with Crippen LogP contribution in [-0.4, -0.2) is 14.9 Å². The Morgan fingerprint density at radius 1 is 1.31 bits per heavy atom. The van der Waals surface area contributed by atoms with Crippen molar-refractivity contribution in [2.24, 2.45) is 12.5 Å². The lowest BCUT2D eigenvalue weighted by Gasteiger charge is -2.20. The van der Waals surface area contributed by atoms with Crippen LogP contribution in [0.15, 0.2) is 0 Å². The van der Waals surface area contributed by atoms with Gasteiger partial charge in [-0.25, -0.2) is 0 Å². The first-order valence-corrected chi connectivity index (χ1v) is 5.90. The van der Waals surface area contributed by atoms with Gasteiger partial charge in [0.25, 0.3) is 0 Å². The molecule has 0 fully saturated rings. The maximum atomic E-state index is 10.2. The van der Waals surface area contributed by atoms with Crippen LogP contribution in [0.25, 0.3) is 0 Å². The van der Waals surface area contributed by atoms with Crippen molar-refractivity contribution in [2.45, 2.75) is 53.6 Å². The van der Waals surface area contributed by atoms with E-state index in [1.807, 2.05) is 25.6 Å². The summed E-state index contributed by atoms with van der Waals surface area (Å²) in [5, 5.41) is 14.5. The number of aliphatic hydroxyl groups excluding tert-OH is 1. The van der Waals surface area contributed by atoms with Gasteiger partial charge in [-0.2, -0.15) is 5.10 Å². The number of aromatic nitrogens is 2. The van der Waals surface area contributed by atoms with Crippen LogP contribution >= 0.6 is 0 Å². The fourth-order valence-electron chi connectivity index (χ4n) is 1.99. The zero-order valence-corrected chi connectivity index (χ0v) is 11.3. The highest BCUT2D eigenvalue weighted by molar-refractivity contribution is 5.26. The van der Waals surface area contributed by atoms with Crippen molar-refractivity contribution in [3.63, 3.8) is 0 Å². The van der Waals surface area contributed by atoms with E-state index in [0.717, 1.165) is 29.8 Å². The Morgan fingerprint density at radius 3 is 2.25 bits per heavy atom. The second-order valence-corrected chi connectivity index (χ2v) is 5.82. The van der Waals surface area contributed by atoms with Gasteiger partial charge in [-0.3, -0.25) is 4.68 Å². The number of aliphatic hydroxyl groups is 1. The third-order valence-electron chi connectivity index (χ3n) is 3.07. The van der Waals surface area contributed by atoms with Gasteiger partial charge in [0.2, 0.25) is 0 Å². The van der Waals surface area contributed by atoms with E-state index in [0.29, 0.717) is 0 Å². The summed E-state index contributed by atoms with van der Waals surface area (Å²) in [6.45, 7) is 10.6. The minimum atomic E-state index is -0.382. The predicted octanol–water partition coefficient (Wildman–Crippen LogP) is 2.90. The molecule has 1 unspecified atom stereocenters. The van der Waals surface area contributed by atoms with Gasteiger partial charge in [0.05, 0.1) is 11.8 Å². The summed E-state index contributed by atoms with van der Waals surface area (Å²) in [4.78, 5) is 0. The normalized spacial score (nSPS) is 14.2. The van der Waals surface area contributed by atoms with Gasteiger partial charge in [-0.15, -0.1) is 0 Å². The highest BCUT2D eigenvalue weighted by atomic mass is 16.3. The molecule has 0 saturated heterocycles. The average Bonchev–Trinajstić information content (AvgIpc) is 2.36. The standard InChI is InChI=1S/C13H24N2O/c1-9-12(10(2)15(6)14-9)11(16)7-8-13(3,4)5/h11,16H,7-8H2,1-6H3. The van der Waals surface area contributed by atoms with Crippen LogP contribution in [-0.2, 0) is 7.05 Å². The topological polar surface area (TPSA) is 38.0 Å². The molecule has 1 N–H and O–H groups in total. The summed E-state index contributed by atoms with van der Waals surface area (Å²) >= 11 is 0. The van der Waals surface area contributed by atoms with Crippen molar-refractivity contribution in [3.8, 4) is 0 Å². The molecule has 0 radical (unpaired) electrons. The molecule has 0 aromatic carbocycles. The van der Waals surface area contributed by atoms with E-state index in [-0.39, 0.29) is 11.5 Å². The molecule has 1 aromatic heterocycles. The zero-order valence-electron chi connectivity index (χ0n) is 11.3. The van der Waals surface area contributed by atoms with E-state index in [9.17, 15) is 5.11 Å². The van der Waals surface area contributed by atoms with E-state index >= 15 is 0 Å². The first-order chi connectivity index (χ1) is 7.22. The van der Waals surface area contributed by atoms with Crippen LogP contribution < -0.4 is 0 Å². The Labute approximate surface area is 98.5 Å². The number of hydrogen-bond donors (Lipinski definition) is 1. The molecule has 1 aromatic rings. The summed E-state index contributed by atoms with van der Waals surface area (Å²) in [5.41, 5.74) is 3.29. The average molecular weight is 224 g/mol. The first-order valence-electron chi connectivity index (χ1n) is 5.90. The smallest absolute Gasteiger partial charge is 0.0826 e. The van der Waals surface area contributed by atoms with Gasteiger partial charge in [0, 0.05) is 18.3 Å². The summed E-state index contributed by atoms with van der Waals surface area (Å²) in [5.74, 6) is 0. The van der Waals surface area contributed by atoms with Crippen LogP contribution in [0.1, 0.15) is 56.7 Å². The van der Waals surface area contributed by atoms with Crippen molar-refractivity contribution in [3.05, 3.63) is 17.0 Å². The summed E-state index contributed by atoms with van der Waals surface area (Å²) < 4.78 is 1.84. The number of rotatable bonds is 3. The largest absolute Gasteiger partial charge is 0.388 e. The SMILES string of the molecule is Cc1nn(C)c(C)c1C(O)CCC(C)(C)C. The van der Waals surface area contributed by atoms with Gasteiger partial charge >= 0.3 is 0 Å². The summed E-state index contributed by atoms with van der Waals surface area (Å²) in [6, 6.07) is 0. The highest BCUT2D eigenvalue weighted by Crippen LogP contribution is 2.29. The van der Waals surface area contributed by atoms with Crippen molar-refractivity contribution >= 4 is 0 Å². The van der Waals surface area contributed by atoms with Crippen molar-refractivity contribution in [2.75, 3.05) is 0 Å². The maximum Gasteiger partial charge on any atom is 0.0826 e. The Hall–Kier alpha value is -0.830. The summed E-state index contributed by atoms with van der Waals surface area (Å²) in [6.07, 6.45) is 1.44. The Morgan fingerprint density at radius 2 is 1.88 bits per heavy atom. The summed E-state index contributed by atoms with van der Waals surface area (Å²) in [7, 11) is 1.92. The molecule has 1 rings (SSSR count). The maximum absolute atomic E-state index is 10.2. The van der Waals surface area contributed by atoms with Crippen LogP contribution in [0.2, 0.25) is 0 Å². The van der Waals surface area contributed by atoms with E-state index in [1.165, 1.54) is 0 Å². The Bertz CT molecular complexity index is 361. The van der Waals surface area contributed by atoms with Gasteiger partial charge in [0.1, 0.15) is 0 Å². The fourth-order valence-corrected chi connectivity index (χ4v) is 1.99. The molecule has 0 amide bonds. The molecule has 3 heteroatoms. The van der Waals surface area contributed by atoms with Gasteiger partial charge < -0.3 is 5.11 Å². The van der Waals surface area contributed by atoms with Crippen LogP contribution in [0, 0.1) is 19.3 Å². The minimum absolute atomic E-state index is 0.269. The monoisotopic (exact) mass is 224 g/mol. The lowest BCUT2D eigenvalue weighted by molar-refractivity contribution is 0.146. The molecule has 1 atom stereocenters. The zero-order chi connectivity index (χ0) is 12.5. The number of hydrogen-bond acceptors (Lipinski definition) is 2. The van der Waals surface area contributed by atoms with Gasteiger partial charge in [0.15, 0.2) is 0 Å². The molecule has 1 heterocycles. The second-order valence-electron chi connectivity index (χ2n) is 5.82. The third-order valence-corrected chi connectivity index (χ3v) is 3.07. The first kappa shape index (κ1) is 13.2. The number of aryl methyl sites for hydroxylation is 2. The van der Waals surface area contributed by atoms with Crippen LogP contribution in [0.3, 0.4) is 0 Å². The van der Waals surface area contributed by atoms with Crippen molar-refractivity contribution < 1.29 is 5.11 Å². The van der Waals surface area contributed by atoms with E-state index in [1.54, 1.807) is 0 Å². The van der Waals surface area contributed by atoms with Gasteiger partial charge in [-0.1, -0.05) is 20.8 Å². The molecular formula is C13H24N2O. The van der Waals surface area contributed by atoms with Crippen LogP contribution in [0.5, 0.6) is 0 Å². The second kappa shape index (κ2) is 4.58. The van der Waals surface area contributed by atoms with E-state index in [2.05, 4.69) is 25.9 Å². The molecule has 0 aliphatic rings. The van der Waals surface area contributed by atoms with Crippen molar-refractivity contribution in [1.29, 1.82) is 0 Å². The predicted molar refractivity (Wildman–Crippen MR) is 66.3 cm³/mol. The quantitative estimate of drug-likeness (QED) is 0.857. The molecule has 16 heavy (non-hydrogen) atoms. The minimum Gasteiger partial charge on any atom is -0.388 e. The molecule has 0 aliphatic carbocycles. The van der Waals surface area contributed by atoms with E-state index < -0.39 is 0 Å². The molecule has 0 aliphatic heterocycles. The molecule has 92 valence electrons. The molecule has 0 spiro atoms. The fraction of sp³-hybridized carbons (Fsp3) is 0.769. The Balaban J connectivity index is 2.77.